The Morgan fingerprint density at radius 2 is 1.09 bits per heavy atom. The number of primary amides is 2. The number of ether oxygens (including phenoxy) is 4. The standard InChI is InChI=1S/C34H43N9O10/c1-13-21(27(46)19-15(11-52-31(35)48)33(50-3)29-17(40-29)9-42(33)23(19)25(13)44)38-7-5-37-6-8-39-22-14(2)26(45)24-20(28(22)47)16(12-53-32(36)49)34(51-4)30-18(41-30)10-43(24)34/h15-18,29-30,37-41H,5-12H2,1-4H3,(H2,35,48)(H2,36,49)/t15-,16-,17?,18?,29+,30+,33-,34-/m1/s1. The third kappa shape index (κ3) is 4.83. The van der Waals surface area contributed by atoms with Gasteiger partial charge in [0, 0.05) is 87.9 Å². The van der Waals surface area contributed by atoms with Gasteiger partial charge in [0.15, 0.2) is 11.4 Å². The van der Waals surface area contributed by atoms with Crippen molar-refractivity contribution in [1.82, 2.24) is 36.4 Å². The van der Waals surface area contributed by atoms with Gasteiger partial charge in [-0.15, -0.1) is 0 Å². The van der Waals surface area contributed by atoms with Gasteiger partial charge in [0.2, 0.25) is 23.1 Å². The van der Waals surface area contributed by atoms with Crippen LogP contribution in [-0.4, -0.2) is 147 Å². The number of nitrogens with two attached hydrogens (primary N) is 2. The molecule has 53 heavy (non-hydrogen) atoms. The monoisotopic (exact) mass is 737 g/mol. The van der Waals surface area contributed by atoms with Crippen molar-refractivity contribution < 1.29 is 47.7 Å². The largest absolute Gasteiger partial charge is 0.449 e. The van der Waals surface area contributed by atoms with Crippen LogP contribution in [0.25, 0.3) is 0 Å². The molecule has 8 aliphatic rings. The Morgan fingerprint density at radius 1 is 0.698 bits per heavy atom. The molecule has 4 fully saturated rings. The molecule has 2 unspecified atom stereocenters. The molecule has 0 spiro atoms. The van der Waals surface area contributed by atoms with Gasteiger partial charge in [-0.05, 0) is 13.8 Å². The van der Waals surface area contributed by atoms with Gasteiger partial charge in [0.05, 0.1) is 46.7 Å². The first-order chi connectivity index (χ1) is 25.3. The Labute approximate surface area is 303 Å². The summed E-state index contributed by atoms with van der Waals surface area (Å²) in [5, 5.41) is 16.1. The summed E-state index contributed by atoms with van der Waals surface area (Å²) >= 11 is 0. The molecule has 9 N–H and O–H groups in total. The first-order valence-corrected chi connectivity index (χ1v) is 17.6. The topological polar surface area (TPSA) is 278 Å². The lowest BCUT2D eigenvalue weighted by Crippen LogP contribution is -2.55. The second kappa shape index (κ2) is 12.4. The normalized spacial score (nSPS) is 34.6. The van der Waals surface area contributed by atoms with Crippen molar-refractivity contribution >= 4 is 35.3 Å². The molecule has 284 valence electrons. The Balaban J connectivity index is 0.885. The lowest BCUT2D eigenvalue weighted by Gasteiger charge is -2.39. The van der Waals surface area contributed by atoms with E-state index in [4.69, 9.17) is 30.4 Å². The fourth-order valence-electron chi connectivity index (χ4n) is 9.68. The van der Waals surface area contributed by atoms with Crippen molar-refractivity contribution in [3.63, 3.8) is 0 Å². The second-order valence-electron chi connectivity index (χ2n) is 14.4. The van der Waals surface area contributed by atoms with Crippen LogP contribution in [0.1, 0.15) is 13.8 Å². The number of allylic oxidation sites excluding steroid dienone is 4. The van der Waals surface area contributed by atoms with Gasteiger partial charge in [0.25, 0.3) is 0 Å². The number of fused-ring (bicyclic) bond motifs is 8. The van der Waals surface area contributed by atoms with Crippen molar-refractivity contribution in [3.05, 3.63) is 45.1 Å². The summed E-state index contributed by atoms with van der Waals surface area (Å²) in [5.41, 5.74) is 10.3. The lowest BCUT2D eigenvalue weighted by molar-refractivity contribution is -0.137. The first kappa shape index (κ1) is 35.2. The van der Waals surface area contributed by atoms with Crippen molar-refractivity contribution in [2.24, 2.45) is 23.3 Å². The van der Waals surface area contributed by atoms with Gasteiger partial charge in [-0.25, -0.2) is 9.59 Å². The van der Waals surface area contributed by atoms with Crippen molar-refractivity contribution in [1.29, 1.82) is 0 Å². The Bertz CT molecular complexity index is 1760. The Morgan fingerprint density at radius 3 is 1.45 bits per heavy atom. The zero-order valence-corrected chi connectivity index (χ0v) is 29.8. The molecule has 8 atom stereocenters. The number of Topliss-reactive ketones (excluding diaryl/α,β-unsaturated/α-hetero) is 4. The fourth-order valence-corrected chi connectivity index (χ4v) is 9.68. The van der Waals surface area contributed by atoms with Gasteiger partial charge >= 0.3 is 12.2 Å². The minimum atomic E-state index is -1.06. The number of piperazine rings is 2. The summed E-state index contributed by atoms with van der Waals surface area (Å²) in [7, 11) is 3.03. The molecular weight excluding hydrogens is 694 g/mol. The average Bonchev–Trinajstić information content (AvgIpc) is 3.96. The molecule has 0 aromatic rings. The van der Waals surface area contributed by atoms with Gasteiger partial charge < -0.3 is 66.8 Å². The first-order valence-electron chi connectivity index (χ1n) is 17.6. The molecule has 19 nitrogen and oxygen atoms in total. The fraction of sp³-hybridized carbons (Fsp3) is 0.588. The van der Waals surface area contributed by atoms with Crippen molar-refractivity contribution in [2.45, 2.75) is 49.5 Å². The molecule has 19 heteroatoms. The Hall–Kier alpha value is -4.82. The van der Waals surface area contributed by atoms with Gasteiger partial charge in [0.1, 0.15) is 13.2 Å². The van der Waals surface area contributed by atoms with Crippen LogP contribution in [0.2, 0.25) is 0 Å². The number of nitrogens with zero attached hydrogens (tertiary/aromatic N) is 2. The predicted molar refractivity (Wildman–Crippen MR) is 181 cm³/mol. The number of rotatable bonds is 14. The number of nitrogens with one attached hydrogen (secondary N) is 5. The summed E-state index contributed by atoms with van der Waals surface area (Å²) in [6.07, 6.45) is -1.98. The smallest absolute Gasteiger partial charge is 0.404 e. The highest BCUT2D eigenvalue weighted by Crippen LogP contribution is 2.57. The van der Waals surface area contributed by atoms with Crippen molar-refractivity contribution in [3.8, 4) is 0 Å². The van der Waals surface area contributed by atoms with Crippen LogP contribution >= 0.6 is 0 Å². The highest BCUT2D eigenvalue weighted by Gasteiger charge is 2.74. The summed E-state index contributed by atoms with van der Waals surface area (Å²) in [6.45, 7) is 5.04. The molecule has 0 saturated carbocycles. The molecule has 6 heterocycles. The molecule has 4 saturated heterocycles. The number of methoxy groups -OCH3 is 2. The Kier molecular flexibility index (Phi) is 8.22. The summed E-state index contributed by atoms with van der Waals surface area (Å²) in [4.78, 5) is 82.3. The molecule has 2 amide bonds. The number of carbonyl (C=O) groups is 6. The molecule has 2 aliphatic carbocycles. The molecule has 0 radical (unpaired) electrons. The highest BCUT2D eigenvalue weighted by molar-refractivity contribution is 6.26. The van der Waals surface area contributed by atoms with Crippen LogP contribution < -0.4 is 38.1 Å². The van der Waals surface area contributed by atoms with Gasteiger partial charge in [-0.1, -0.05) is 0 Å². The van der Waals surface area contributed by atoms with E-state index in [1.54, 1.807) is 13.8 Å². The van der Waals surface area contributed by atoms with E-state index < -0.39 is 35.5 Å². The number of hydrogen-bond donors (Lipinski definition) is 7. The predicted octanol–water partition coefficient (Wildman–Crippen LogP) is -3.44. The van der Waals surface area contributed by atoms with Crippen LogP contribution in [0.15, 0.2) is 45.1 Å². The van der Waals surface area contributed by atoms with Gasteiger partial charge in [-0.2, -0.15) is 0 Å². The maximum absolute atomic E-state index is 14.0. The zero-order chi connectivity index (χ0) is 37.7. The summed E-state index contributed by atoms with van der Waals surface area (Å²) < 4.78 is 22.4. The number of ketones is 4. The van der Waals surface area contributed by atoms with Crippen LogP contribution in [-0.2, 0) is 38.1 Å². The minimum absolute atomic E-state index is 0.0878. The molecule has 6 aliphatic heterocycles. The maximum atomic E-state index is 14.0. The van der Waals surface area contributed by atoms with Crippen LogP contribution in [0, 0.1) is 11.8 Å². The minimum Gasteiger partial charge on any atom is -0.449 e. The summed E-state index contributed by atoms with van der Waals surface area (Å²) in [6, 6.07) is -0.116. The van der Waals surface area contributed by atoms with Crippen LogP contribution in [0.5, 0.6) is 0 Å². The van der Waals surface area contributed by atoms with Crippen molar-refractivity contribution in [2.75, 3.05) is 66.7 Å². The molecule has 0 aromatic heterocycles. The van der Waals surface area contributed by atoms with E-state index in [1.807, 2.05) is 9.80 Å². The van der Waals surface area contributed by atoms with E-state index >= 15 is 0 Å². The second-order valence-corrected chi connectivity index (χ2v) is 14.4. The van der Waals surface area contributed by atoms with E-state index in [0.29, 0.717) is 26.2 Å². The van der Waals surface area contributed by atoms with E-state index in [2.05, 4.69) is 26.6 Å². The quantitative estimate of drug-likeness (QED) is 0.0519. The van der Waals surface area contributed by atoms with E-state index in [1.165, 1.54) is 14.2 Å². The third-order valence-electron chi connectivity index (χ3n) is 12.1. The van der Waals surface area contributed by atoms with E-state index in [0.717, 1.165) is 0 Å². The van der Waals surface area contributed by atoms with Crippen LogP contribution in [0.4, 0.5) is 9.59 Å². The molecule has 0 bridgehead atoms. The van der Waals surface area contributed by atoms with Crippen LogP contribution in [0.3, 0.4) is 0 Å². The van der Waals surface area contributed by atoms with Gasteiger partial charge in [-0.3, -0.25) is 19.2 Å². The van der Waals surface area contributed by atoms with E-state index in [9.17, 15) is 28.8 Å². The maximum Gasteiger partial charge on any atom is 0.404 e. The lowest BCUT2D eigenvalue weighted by atomic mass is 9.82. The molecule has 0 aromatic carbocycles. The SMILES string of the molecule is CO[C@@]12[C@H](COC(N)=O)C3=C(C(=O)C(C)=C(NCCNCCNC4=C(C)C(=O)C5=C(C4=O)[C@@H](COC(N)=O)[C@@]4(OC)[C@H]6NC6CN54)C3=O)N1CC1N[C@@H]12. The number of amides is 2. The molecule has 8 rings (SSSR count). The summed E-state index contributed by atoms with van der Waals surface area (Å²) in [5.74, 6) is -2.81. The highest BCUT2D eigenvalue weighted by atomic mass is 16.6. The molecular formula is C34H43N9O10. The zero-order valence-electron chi connectivity index (χ0n) is 29.8. The average molecular weight is 738 g/mol. The number of carbonyl (C=O) groups excluding carboxylic acids is 6. The van der Waals surface area contributed by atoms with E-state index in [-0.39, 0.29) is 119 Å². The third-order valence-corrected chi connectivity index (χ3v) is 12.1. The number of hydrogen-bond acceptors (Lipinski definition) is 17.